The van der Waals surface area contributed by atoms with Crippen molar-refractivity contribution in [3.63, 3.8) is 0 Å². The van der Waals surface area contributed by atoms with Gasteiger partial charge >= 0.3 is 5.97 Å². The molecule has 3 nitrogen and oxygen atoms in total. The van der Waals surface area contributed by atoms with Crippen LogP contribution < -0.4 is 5.32 Å². The molecule has 1 fully saturated rings. The third kappa shape index (κ3) is 3.57. The molecule has 0 spiro atoms. The van der Waals surface area contributed by atoms with E-state index in [1.54, 1.807) is 11.3 Å². The zero-order valence-corrected chi connectivity index (χ0v) is 12.8. The maximum Gasteiger partial charge on any atom is 0.327 e. The number of carbonyl (C=O) groups is 1. The summed E-state index contributed by atoms with van der Waals surface area (Å²) in [5, 5.41) is 3.51. The minimum Gasteiger partial charge on any atom is -0.468 e. The summed E-state index contributed by atoms with van der Waals surface area (Å²) in [5.74, 6) is -0.175. The predicted molar refractivity (Wildman–Crippen MR) is 78.6 cm³/mol. The fraction of sp³-hybridized carbons (Fsp3) is 0.667. The molecule has 1 N–H and O–H groups in total. The van der Waals surface area contributed by atoms with Crippen LogP contribution in [0.4, 0.5) is 0 Å². The average Bonchev–Trinajstić information content (AvgIpc) is 2.75. The number of hydrogen-bond acceptors (Lipinski definition) is 4. The number of esters is 1. The molecule has 1 aliphatic rings. The molecule has 1 heterocycles. The molecule has 1 unspecified atom stereocenters. The van der Waals surface area contributed by atoms with E-state index in [1.807, 2.05) is 0 Å². The maximum absolute atomic E-state index is 12.1. The van der Waals surface area contributed by atoms with Crippen LogP contribution in [0.15, 0.2) is 6.07 Å². The quantitative estimate of drug-likeness (QED) is 0.858. The van der Waals surface area contributed by atoms with Gasteiger partial charge in [-0.1, -0.05) is 19.3 Å². The third-order valence-electron chi connectivity index (χ3n) is 3.83. The van der Waals surface area contributed by atoms with Gasteiger partial charge in [0, 0.05) is 15.8 Å². The molecule has 1 atom stereocenters. The van der Waals surface area contributed by atoms with Crippen LogP contribution in [0.5, 0.6) is 0 Å². The molecular formula is C15H23NO2S. The van der Waals surface area contributed by atoms with Crippen molar-refractivity contribution in [1.29, 1.82) is 0 Å². The van der Waals surface area contributed by atoms with Gasteiger partial charge in [0.1, 0.15) is 6.04 Å². The second-order valence-electron chi connectivity index (χ2n) is 5.33. The van der Waals surface area contributed by atoms with Gasteiger partial charge in [-0.05, 0) is 38.3 Å². The van der Waals surface area contributed by atoms with Gasteiger partial charge in [-0.25, -0.2) is 4.79 Å². The molecule has 2 rings (SSSR count). The Morgan fingerprint density at radius 3 is 2.58 bits per heavy atom. The molecular weight excluding hydrogens is 258 g/mol. The highest BCUT2D eigenvalue weighted by molar-refractivity contribution is 7.12. The van der Waals surface area contributed by atoms with Crippen LogP contribution in [0.25, 0.3) is 0 Å². The summed E-state index contributed by atoms with van der Waals surface area (Å²) in [4.78, 5) is 14.5. The molecule has 0 aromatic carbocycles. The lowest BCUT2D eigenvalue weighted by Crippen LogP contribution is -2.38. The molecule has 0 aliphatic heterocycles. The SMILES string of the molecule is COC(=O)C(NC1CCCCC1)c1cc(C)sc1C. The van der Waals surface area contributed by atoms with Gasteiger partial charge in [-0.15, -0.1) is 11.3 Å². The van der Waals surface area contributed by atoms with Gasteiger partial charge in [0.15, 0.2) is 0 Å². The first-order valence-electron chi connectivity index (χ1n) is 7.02. The van der Waals surface area contributed by atoms with E-state index in [-0.39, 0.29) is 12.0 Å². The summed E-state index contributed by atoms with van der Waals surface area (Å²) in [6.07, 6.45) is 6.16. The minimum atomic E-state index is -0.307. The Kier molecular flexibility index (Phi) is 4.99. The van der Waals surface area contributed by atoms with Crippen LogP contribution in [0.1, 0.15) is 53.5 Å². The van der Waals surface area contributed by atoms with Crippen molar-refractivity contribution < 1.29 is 9.53 Å². The molecule has 106 valence electrons. The fourth-order valence-electron chi connectivity index (χ4n) is 2.84. The Hall–Kier alpha value is -0.870. The van der Waals surface area contributed by atoms with E-state index in [2.05, 4.69) is 25.2 Å². The molecule has 1 saturated carbocycles. The molecule has 0 radical (unpaired) electrons. The van der Waals surface area contributed by atoms with E-state index in [9.17, 15) is 4.79 Å². The summed E-state index contributed by atoms with van der Waals surface area (Å²) in [6.45, 7) is 4.15. The van der Waals surface area contributed by atoms with Crippen molar-refractivity contribution in [2.75, 3.05) is 7.11 Å². The summed E-state index contributed by atoms with van der Waals surface area (Å²) in [5.41, 5.74) is 1.08. The third-order valence-corrected chi connectivity index (χ3v) is 4.82. The zero-order valence-electron chi connectivity index (χ0n) is 12.0. The zero-order chi connectivity index (χ0) is 13.8. The van der Waals surface area contributed by atoms with Crippen molar-refractivity contribution >= 4 is 17.3 Å². The highest BCUT2D eigenvalue weighted by Gasteiger charge is 2.27. The Balaban J connectivity index is 2.15. The van der Waals surface area contributed by atoms with Crippen molar-refractivity contribution in [2.24, 2.45) is 0 Å². The molecule has 4 heteroatoms. The molecule has 0 amide bonds. The largest absolute Gasteiger partial charge is 0.468 e. The highest BCUT2D eigenvalue weighted by atomic mass is 32.1. The number of carbonyl (C=O) groups excluding carboxylic acids is 1. The Morgan fingerprint density at radius 1 is 1.37 bits per heavy atom. The van der Waals surface area contributed by atoms with Crippen LogP contribution in [0.2, 0.25) is 0 Å². The second-order valence-corrected chi connectivity index (χ2v) is 6.79. The van der Waals surface area contributed by atoms with Gasteiger partial charge in [0.05, 0.1) is 7.11 Å². The van der Waals surface area contributed by atoms with Gasteiger partial charge in [0.25, 0.3) is 0 Å². The molecule has 0 bridgehead atoms. The first-order chi connectivity index (χ1) is 9.11. The fourth-order valence-corrected chi connectivity index (χ4v) is 3.81. The van der Waals surface area contributed by atoms with E-state index >= 15 is 0 Å². The van der Waals surface area contributed by atoms with Gasteiger partial charge in [0.2, 0.25) is 0 Å². The van der Waals surface area contributed by atoms with Gasteiger partial charge in [-0.2, -0.15) is 0 Å². The van der Waals surface area contributed by atoms with Crippen LogP contribution >= 0.6 is 11.3 Å². The Labute approximate surface area is 119 Å². The molecule has 1 aromatic heterocycles. The van der Waals surface area contributed by atoms with E-state index < -0.39 is 0 Å². The molecule has 0 saturated heterocycles. The van der Waals surface area contributed by atoms with Crippen LogP contribution in [-0.2, 0) is 9.53 Å². The molecule has 19 heavy (non-hydrogen) atoms. The lowest BCUT2D eigenvalue weighted by atomic mass is 9.94. The van der Waals surface area contributed by atoms with Gasteiger partial charge in [-0.3, -0.25) is 5.32 Å². The number of aryl methyl sites for hydroxylation is 2. The second kappa shape index (κ2) is 6.53. The number of rotatable bonds is 4. The highest BCUT2D eigenvalue weighted by Crippen LogP contribution is 2.29. The maximum atomic E-state index is 12.1. The summed E-state index contributed by atoms with van der Waals surface area (Å²) >= 11 is 1.74. The van der Waals surface area contributed by atoms with Crippen molar-refractivity contribution in [1.82, 2.24) is 5.32 Å². The molecule has 1 aliphatic carbocycles. The topological polar surface area (TPSA) is 38.3 Å². The first-order valence-corrected chi connectivity index (χ1v) is 7.84. The van der Waals surface area contributed by atoms with E-state index in [0.29, 0.717) is 6.04 Å². The number of nitrogens with one attached hydrogen (secondary N) is 1. The lowest BCUT2D eigenvalue weighted by Gasteiger charge is -2.27. The lowest BCUT2D eigenvalue weighted by molar-refractivity contribution is -0.143. The average molecular weight is 281 g/mol. The van der Waals surface area contributed by atoms with Crippen LogP contribution in [-0.4, -0.2) is 19.1 Å². The number of ether oxygens (including phenoxy) is 1. The Morgan fingerprint density at radius 2 is 2.05 bits per heavy atom. The summed E-state index contributed by atoms with van der Waals surface area (Å²) < 4.78 is 4.98. The normalized spacial score (nSPS) is 18.3. The van der Waals surface area contributed by atoms with Crippen molar-refractivity contribution in [3.05, 3.63) is 21.4 Å². The van der Waals surface area contributed by atoms with Gasteiger partial charge < -0.3 is 4.74 Å². The van der Waals surface area contributed by atoms with E-state index in [4.69, 9.17) is 4.74 Å². The number of methoxy groups -OCH3 is 1. The standard InChI is InChI=1S/C15H23NO2S/c1-10-9-13(11(2)19-10)14(15(17)18-3)16-12-7-5-4-6-8-12/h9,12,14,16H,4-8H2,1-3H3. The van der Waals surface area contributed by atoms with Crippen LogP contribution in [0.3, 0.4) is 0 Å². The smallest absolute Gasteiger partial charge is 0.327 e. The van der Waals surface area contributed by atoms with Crippen molar-refractivity contribution in [3.8, 4) is 0 Å². The summed E-state index contributed by atoms with van der Waals surface area (Å²) in [7, 11) is 1.46. The number of thiophene rings is 1. The minimum absolute atomic E-state index is 0.175. The Bertz CT molecular complexity index is 435. The predicted octanol–water partition coefficient (Wildman–Crippen LogP) is 3.50. The van der Waals surface area contributed by atoms with Crippen molar-refractivity contribution in [2.45, 2.75) is 58.0 Å². The molecule has 1 aromatic rings. The van der Waals surface area contributed by atoms with E-state index in [1.165, 1.54) is 36.1 Å². The monoisotopic (exact) mass is 281 g/mol. The van der Waals surface area contributed by atoms with Crippen LogP contribution in [0, 0.1) is 13.8 Å². The van der Waals surface area contributed by atoms with E-state index in [0.717, 1.165) is 18.4 Å². The number of hydrogen-bond donors (Lipinski definition) is 1. The first kappa shape index (κ1) is 14.5. The summed E-state index contributed by atoms with van der Waals surface area (Å²) in [6, 6.07) is 2.24.